The Balaban J connectivity index is 2.11. The molecule has 2 rings (SSSR count). The van der Waals surface area contributed by atoms with E-state index in [0.29, 0.717) is 29.0 Å². The topological polar surface area (TPSA) is 61.8 Å². The predicted octanol–water partition coefficient (Wildman–Crippen LogP) is 8.70. The Hall–Kier alpha value is -2.68. The van der Waals surface area contributed by atoms with Gasteiger partial charge in [0.05, 0.1) is 6.61 Å². The predicted molar refractivity (Wildman–Crippen MR) is 159 cm³/mol. The number of carbonyl (C=O) groups is 2. The highest BCUT2D eigenvalue weighted by Gasteiger charge is 2.21. The third-order valence-electron chi connectivity index (χ3n) is 6.23. The molecule has 0 aliphatic heterocycles. The van der Waals surface area contributed by atoms with Crippen LogP contribution >= 0.6 is 23.2 Å². The van der Waals surface area contributed by atoms with Crippen LogP contribution in [0.25, 0.3) is 11.1 Å². The molecular weight excluding hydrogens is 535 g/mol. The highest BCUT2D eigenvalue weighted by Crippen LogP contribution is 2.39. The summed E-state index contributed by atoms with van der Waals surface area (Å²) in [7, 11) is 0. The van der Waals surface area contributed by atoms with Crippen LogP contribution in [0.5, 0.6) is 17.2 Å². The van der Waals surface area contributed by atoms with Gasteiger partial charge in [-0.05, 0) is 50.6 Å². The molecule has 0 aromatic heterocycles. The van der Waals surface area contributed by atoms with Crippen LogP contribution in [-0.4, -0.2) is 29.3 Å². The summed E-state index contributed by atoms with van der Waals surface area (Å²) in [6.45, 7) is 5.85. The van der Waals surface area contributed by atoms with Gasteiger partial charge in [0.25, 0.3) is 0 Å². The van der Waals surface area contributed by atoms with Crippen LogP contribution in [0.2, 0.25) is 0 Å². The smallest absolute Gasteiger partial charge is 0.329 e. The van der Waals surface area contributed by atoms with Crippen molar-refractivity contribution < 1.29 is 23.8 Å². The van der Waals surface area contributed by atoms with E-state index in [1.165, 1.54) is 65.2 Å². The SMILES string of the molecule is C#Cc1ccc(-c2ccc(OCCCCCCCCCCCC)cc2OC(=O)[C@@H](C)Cl)c(OC(=O)[C@@H](C)Cl)c1. The molecule has 0 radical (unpaired) electrons. The van der Waals surface area contributed by atoms with Crippen molar-refractivity contribution in [2.24, 2.45) is 0 Å². The number of carbonyl (C=O) groups excluding carboxylic acids is 2. The van der Waals surface area contributed by atoms with E-state index in [9.17, 15) is 9.59 Å². The lowest BCUT2D eigenvalue weighted by Crippen LogP contribution is -2.19. The molecular formula is C32H40Cl2O5. The van der Waals surface area contributed by atoms with Crippen LogP contribution in [0.15, 0.2) is 36.4 Å². The number of esters is 2. The molecule has 0 heterocycles. The normalized spacial score (nSPS) is 12.3. The number of hydrogen-bond acceptors (Lipinski definition) is 5. The first-order valence-corrected chi connectivity index (χ1v) is 14.7. The maximum Gasteiger partial charge on any atom is 0.329 e. The largest absolute Gasteiger partial charge is 0.493 e. The van der Waals surface area contributed by atoms with E-state index < -0.39 is 22.7 Å². The van der Waals surface area contributed by atoms with Crippen molar-refractivity contribution in [3.05, 3.63) is 42.0 Å². The van der Waals surface area contributed by atoms with Crippen molar-refractivity contribution in [3.63, 3.8) is 0 Å². The summed E-state index contributed by atoms with van der Waals surface area (Å²) in [6.07, 6.45) is 18.0. The van der Waals surface area contributed by atoms with Gasteiger partial charge < -0.3 is 14.2 Å². The molecule has 0 aliphatic carbocycles. The van der Waals surface area contributed by atoms with Crippen molar-refractivity contribution in [3.8, 4) is 40.7 Å². The van der Waals surface area contributed by atoms with Gasteiger partial charge in [0.15, 0.2) is 0 Å². The van der Waals surface area contributed by atoms with E-state index in [-0.39, 0.29) is 11.5 Å². The van der Waals surface area contributed by atoms with Gasteiger partial charge in [-0.25, -0.2) is 0 Å². The molecule has 0 bridgehead atoms. The fourth-order valence-electron chi connectivity index (χ4n) is 3.98. The summed E-state index contributed by atoms with van der Waals surface area (Å²) in [4.78, 5) is 24.7. The van der Waals surface area contributed by atoms with Crippen molar-refractivity contribution in [1.82, 2.24) is 0 Å². The van der Waals surface area contributed by atoms with Gasteiger partial charge in [-0.2, -0.15) is 0 Å². The molecule has 7 heteroatoms. The Morgan fingerprint density at radius 2 is 1.26 bits per heavy atom. The van der Waals surface area contributed by atoms with Gasteiger partial charge in [0.2, 0.25) is 0 Å². The van der Waals surface area contributed by atoms with Crippen LogP contribution in [0.4, 0.5) is 0 Å². The quantitative estimate of drug-likeness (QED) is 0.0621. The second kappa shape index (κ2) is 17.8. The molecule has 5 nitrogen and oxygen atoms in total. The monoisotopic (exact) mass is 574 g/mol. The van der Waals surface area contributed by atoms with E-state index in [1.54, 1.807) is 36.4 Å². The first-order chi connectivity index (χ1) is 18.8. The second-order valence-corrected chi connectivity index (χ2v) is 10.9. The zero-order valence-electron chi connectivity index (χ0n) is 23.3. The summed E-state index contributed by atoms with van der Waals surface area (Å²) in [5.41, 5.74) is 1.54. The van der Waals surface area contributed by atoms with Gasteiger partial charge in [0, 0.05) is 22.8 Å². The fourth-order valence-corrected chi connectivity index (χ4v) is 4.07. The second-order valence-electron chi connectivity index (χ2n) is 9.62. The number of rotatable bonds is 17. The van der Waals surface area contributed by atoms with E-state index in [4.69, 9.17) is 43.8 Å². The van der Waals surface area contributed by atoms with Gasteiger partial charge in [-0.15, -0.1) is 29.6 Å². The molecule has 0 aliphatic rings. The molecule has 0 saturated heterocycles. The number of halogens is 2. The van der Waals surface area contributed by atoms with Crippen molar-refractivity contribution in [2.75, 3.05) is 6.61 Å². The van der Waals surface area contributed by atoms with E-state index in [1.807, 2.05) is 0 Å². The Morgan fingerprint density at radius 3 is 1.77 bits per heavy atom. The van der Waals surface area contributed by atoms with Crippen LogP contribution in [-0.2, 0) is 9.59 Å². The Morgan fingerprint density at radius 1 is 0.769 bits per heavy atom. The highest BCUT2D eigenvalue weighted by atomic mass is 35.5. The third kappa shape index (κ3) is 11.5. The van der Waals surface area contributed by atoms with Crippen molar-refractivity contribution in [1.29, 1.82) is 0 Å². The summed E-state index contributed by atoms with van der Waals surface area (Å²) < 4.78 is 17.1. The molecule has 212 valence electrons. The number of unbranched alkanes of at least 4 members (excludes halogenated alkanes) is 9. The first-order valence-electron chi connectivity index (χ1n) is 13.9. The Bertz CT molecular complexity index is 1100. The molecule has 0 fully saturated rings. The average molecular weight is 576 g/mol. The fraction of sp³-hybridized carbons (Fsp3) is 0.500. The minimum atomic E-state index is -0.858. The Labute approximate surface area is 243 Å². The maximum absolute atomic E-state index is 12.4. The standard InChI is InChI=1S/C32H40Cl2O5/c1-5-7-8-9-10-11-12-13-14-15-20-37-26-17-19-28(30(22-26)39-32(36)24(4)34)27-18-16-25(6-2)21-29(27)38-31(35)23(3)33/h2,16-19,21-24H,5,7-15,20H2,1,3-4H3/t23-,24-/m1/s1. The summed E-state index contributed by atoms with van der Waals surface area (Å²) in [5, 5.41) is -1.71. The van der Waals surface area contributed by atoms with Gasteiger partial charge >= 0.3 is 11.9 Å². The summed E-state index contributed by atoms with van der Waals surface area (Å²) in [6, 6.07) is 10.2. The van der Waals surface area contributed by atoms with Crippen LogP contribution < -0.4 is 14.2 Å². The number of benzene rings is 2. The minimum absolute atomic E-state index is 0.207. The minimum Gasteiger partial charge on any atom is -0.493 e. The van der Waals surface area contributed by atoms with Gasteiger partial charge in [0.1, 0.15) is 28.0 Å². The number of ether oxygens (including phenoxy) is 3. The van der Waals surface area contributed by atoms with E-state index >= 15 is 0 Å². The van der Waals surface area contributed by atoms with Crippen LogP contribution in [0.1, 0.15) is 90.5 Å². The van der Waals surface area contributed by atoms with E-state index in [2.05, 4.69) is 12.8 Å². The lowest BCUT2D eigenvalue weighted by atomic mass is 10.0. The maximum atomic E-state index is 12.4. The molecule has 39 heavy (non-hydrogen) atoms. The van der Waals surface area contributed by atoms with Crippen molar-refractivity contribution in [2.45, 2.75) is 95.7 Å². The molecule has 0 spiro atoms. The summed E-state index contributed by atoms with van der Waals surface area (Å²) >= 11 is 11.9. The van der Waals surface area contributed by atoms with E-state index in [0.717, 1.165) is 12.8 Å². The van der Waals surface area contributed by atoms with Crippen molar-refractivity contribution >= 4 is 35.1 Å². The highest BCUT2D eigenvalue weighted by molar-refractivity contribution is 6.30. The first kappa shape index (κ1) is 32.5. The third-order valence-corrected chi connectivity index (χ3v) is 6.59. The van der Waals surface area contributed by atoms with Crippen LogP contribution in [0.3, 0.4) is 0 Å². The molecule has 0 saturated carbocycles. The number of alkyl halides is 2. The van der Waals surface area contributed by atoms with Gasteiger partial charge in [-0.1, -0.05) is 70.6 Å². The molecule has 0 N–H and O–H groups in total. The zero-order valence-corrected chi connectivity index (χ0v) is 24.8. The van der Waals surface area contributed by atoms with Gasteiger partial charge in [-0.3, -0.25) is 9.59 Å². The molecule has 0 unspecified atom stereocenters. The molecule has 0 amide bonds. The molecule has 2 aromatic rings. The molecule has 2 atom stereocenters. The summed E-state index contributed by atoms with van der Waals surface area (Å²) in [5.74, 6) is 2.29. The number of hydrogen-bond donors (Lipinski definition) is 0. The average Bonchev–Trinajstić information content (AvgIpc) is 2.91. The Kier molecular flexibility index (Phi) is 14.9. The number of terminal acetylenes is 1. The lowest BCUT2D eigenvalue weighted by Gasteiger charge is -2.17. The zero-order chi connectivity index (χ0) is 28.6. The van der Waals surface area contributed by atoms with Crippen LogP contribution in [0, 0.1) is 12.3 Å². The molecule has 2 aromatic carbocycles. The lowest BCUT2D eigenvalue weighted by molar-refractivity contribution is -0.134.